The normalized spacial score (nSPS) is 12.3. The van der Waals surface area contributed by atoms with E-state index in [2.05, 4.69) is 31.9 Å². The number of primary amides is 1. The summed E-state index contributed by atoms with van der Waals surface area (Å²) >= 11 is 3.09. The van der Waals surface area contributed by atoms with E-state index >= 15 is 0 Å². The number of ketones is 2. The van der Waals surface area contributed by atoms with Gasteiger partial charge < -0.3 is 26.4 Å². The number of carbonyl (C=O) groups excluding carboxylic acids is 6. The molecule has 0 aliphatic carbocycles. The number of nitrogens with two attached hydrogens (primary N) is 1. The smallest absolute Gasteiger partial charge is 0.312 e. The highest BCUT2D eigenvalue weighted by molar-refractivity contribution is 9.09. The first-order chi connectivity index (χ1) is 20.8. The summed E-state index contributed by atoms with van der Waals surface area (Å²) in [4.78, 5) is 73.5. The Morgan fingerprint density at radius 1 is 0.864 bits per heavy atom. The van der Waals surface area contributed by atoms with Gasteiger partial charge in [0.05, 0.1) is 17.3 Å². The Balaban J connectivity index is 2.79. The number of rotatable bonds is 22. The molecule has 5 N–H and O–H groups in total. The molecule has 1 aromatic carbocycles. The Bertz CT molecular complexity index is 1090. The lowest BCUT2D eigenvalue weighted by Crippen LogP contribution is -2.46. The molecule has 0 saturated heterocycles. The van der Waals surface area contributed by atoms with Gasteiger partial charge in [0.25, 0.3) is 0 Å². The van der Waals surface area contributed by atoms with E-state index in [4.69, 9.17) is 10.5 Å². The zero-order valence-corrected chi connectivity index (χ0v) is 28.0. The Morgan fingerprint density at radius 3 is 2.09 bits per heavy atom. The van der Waals surface area contributed by atoms with Gasteiger partial charge in [0.15, 0.2) is 5.78 Å². The van der Waals surface area contributed by atoms with Crippen molar-refractivity contribution in [2.24, 2.45) is 23.5 Å². The van der Waals surface area contributed by atoms with Crippen molar-refractivity contribution >= 4 is 51.3 Å². The standard InChI is InChI=1S/C32H49BrN4O7/c1-21(2)26(18-25(38)9-6-5-7-15-35-29(40)19-33)30(41)37-27(10-8-16-36-32(34)43)28(39)17-23-11-13-24(14-12-23)20-44-31(42)22(3)4/h11-14,21-22,26-27H,5-10,15-20H2,1-4H3,(H,35,40)(H,37,41)(H3,34,36,43)/t26-,27-/m0/s1. The molecule has 0 aromatic heterocycles. The highest BCUT2D eigenvalue weighted by Crippen LogP contribution is 2.19. The Kier molecular flexibility index (Phi) is 18.9. The van der Waals surface area contributed by atoms with Gasteiger partial charge in [0.1, 0.15) is 12.4 Å². The van der Waals surface area contributed by atoms with Gasteiger partial charge in [0.2, 0.25) is 11.8 Å². The van der Waals surface area contributed by atoms with E-state index in [0.717, 1.165) is 24.0 Å². The summed E-state index contributed by atoms with van der Waals surface area (Å²) in [6.07, 6.45) is 3.42. The molecule has 1 rings (SSSR count). The van der Waals surface area contributed by atoms with E-state index < -0.39 is 18.0 Å². The van der Waals surface area contributed by atoms with Crippen molar-refractivity contribution in [1.29, 1.82) is 0 Å². The van der Waals surface area contributed by atoms with Crippen LogP contribution < -0.4 is 21.7 Å². The number of Topliss-reactive ketones (excluding diaryl/α,β-unsaturated/α-hetero) is 2. The molecule has 12 heteroatoms. The minimum Gasteiger partial charge on any atom is -0.461 e. The van der Waals surface area contributed by atoms with Crippen molar-refractivity contribution in [1.82, 2.24) is 16.0 Å². The summed E-state index contributed by atoms with van der Waals surface area (Å²) in [5, 5.41) is 8.40. The van der Waals surface area contributed by atoms with Gasteiger partial charge >= 0.3 is 12.0 Å². The van der Waals surface area contributed by atoms with Crippen LogP contribution >= 0.6 is 15.9 Å². The summed E-state index contributed by atoms with van der Waals surface area (Å²) in [5.74, 6) is -1.87. The van der Waals surface area contributed by atoms with E-state index in [1.807, 2.05) is 13.8 Å². The molecule has 0 aliphatic rings. The van der Waals surface area contributed by atoms with Crippen LogP contribution in [-0.4, -0.2) is 59.8 Å². The quantitative estimate of drug-likeness (QED) is 0.0820. The largest absolute Gasteiger partial charge is 0.461 e. The van der Waals surface area contributed by atoms with Gasteiger partial charge in [-0.2, -0.15) is 0 Å². The van der Waals surface area contributed by atoms with Crippen molar-refractivity contribution in [2.45, 2.75) is 91.7 Å². The second-order valence-corrected chi connectivity index (χ2v) is 12.2. The van der Waals surface area contributed by atoms with E-state index in [9.17, 15) is 28.8 Å². The predicted molar refractivity (Wildman–Crippen MR) is 172 cm³/mol. The molecule has 0 heterocycles. The fourth-order valence-corrected chi connectivity index (χ4v) is 4.58. The highest BCUT2D eigenvalue weighted by Gasteiger charge is 2.29. The van der Waals surface area contributed by atoms with Gasteiger partial charge in [-0.05, 0) is 42.7 Å². The number of alkyl halides is 1. The van der Waals surface area contributed by atoms with Crippen LogP contribution in [0.15, 0.2) is 24.3 Å². The molecular formula is C32H49BrN4O7. The SMILES string of the molecule is CC(C)C(=O)OCc1ccc(CC(=O)[C@H](CCCNC(N)=O)NC(=O)[C@@H](CC(=O)CCCCCNC(=O)CBr)C(C)C)cc1. The first-order valence-corrected chi connectivity index (χ1v) is 16.4. The molecule has 44 heavy (non-hydrogen) atoms. The minimum absolute atomic E-state index is 0.0176. The molecular weight excluding hydrogens is 632 g/mol. The molecule has 0 radical (unpaired) electrons. The third-order valence-electron chi connectivity index (χ3n) is 7.09. The number of benzene rings is 1. The summed E-state index contributed by atoms with van der Waals surface area (Å²) in [7, 11) is 0. The minimum atomic E-state index is -0.810. The third kappa shape index (κ3) is 16.5. The average Bonchev–Trinajstić information content (AvgIpc) is 2.97. The van der Waals surface area contributed by atoms with Gasteiger partial charge in [-0.15, -0.1) is 0 Å². The van der Waals surface area contributed by atoms with Crippen LogP contribution in [0.4, 0.5) is 4.79 Å². The Morgan fingerprint density at radius 2 is 1.50 bits per heavy atom. The maximum Gasteiger partial charge on any atom is 0.312 e. The molecule has 0 aliphatic heterocycles. The summed E-state index contributed by atoms with van der Waals surface area (Å²) in [5.41, 5.74) is 6.68. The van der Waals surface area contributed by atoms with Crippen molar-refractivity contribution in [3.05, 3.63) is 35.4 Å². The molecule has 0 spiro atoms. The highest BCUT2D eigenvalue weighted by atomic mass is 79.9. The lowest BCUT2D eigenvalue weighted by atomic mass is 9.88. The summed E-state index contributed by atoms with van der Waals surface area (Å²) < 4.78 is 5.25. The molecule has 0 bridgehead atoms. The van der Waals surface area contributed by atoms with Gasteiger partial charge in [-0.1, -0.05) is 74.3 Å². The lowest BCUT2D eigenvalue weighted by Gasteiger charge is -2.24. The van der Waals surface area contributed by atoms with Crippen LogP contribution in [0.25, 0.3) is 0 Å². The molecule has 0 saturated carbocycles. The number of urea groups is 1. The van der Waals surface area contributed by atoms with E-state index in [1.165, 1.54) is 0 Å². The first kappa shape index (κ1) is 38.7. The number of nitrogens with one attached hydrogen (secondary N) is 3. The predicted octanol–water partition coefficient (Wildman–Crippen LogP) is 3.73. The number of carbonyl (C=O) groups is 6. The second kappa shape index (κ2) is 21.4. The number of unbranched alkanes of at least 4 members (excludes halogenated alkanes) is 2. The van der Waals surface area contributed by atoms with Crippen LogP contribution in [0.3, 0.4) is 0 Å². The second-order valence-electron chi connectivity index (χ2n) is 11.6. The average molecular weight is 682 g/mol. The number of hydrogen-bond donors (Lipinski definition) is 4. The van der Waals surface area contributed by atoms with Crippen LogP contribution in [0.1, 0.15) is 83.8 Å². The molecule has 0 unspecified atom stereocenters. The zero-order valence-electron chi connectivity index (χ0n) is 26.4. The monoisotopic (exact) mass is 680 g/mol. The van der Waals surface area contributed by atoms with Crippen LogP contribution in [0, 0.1) is 17.8 Å². The van der Waals surface area contributed by atoms with Crippen molar-refractivity contribution in [3.63, 3.8) is 0 Å². The fraction of sp³-hybridized carbons (Fsp3) is 0.625. The van der Waals surface area contributed by atoms with Gasteiger partial charge in [-0.3, -0.25) is 24.0 Å². The van der Waals surface area contributed by atoms with Crippen LogP contribution in [0.5, 0.6) is 0 Å². The number of amides is 4. The maximum absolute atomic E-state index is 13.4. The lowest BCUT2D eigenvalue weighted by molar-refractivity contribution is -0.148. The number of hydrogen-bond acceptors (Lipinski definition) is 7. The van der Waals surface area contributed by atoms with E-state index in [1.54, 1.807) is 38.1 Å². The van der Waals surface area contributed by atoms with Gasteiger partial charge in [-0.25, -0.2) is 4.79 Å². The first-order valence-electron chi connectivity index (χ1n) is 15.3. The molecule has 11 nitrogen and oxygen atoms in total. The third-order valence-corrected chi connectivity index (χ3v) is 7.60. The van der Waals surface area contributed by atoms with Crippen molar-refractivity contribution in [2.75, 3.05) is 18.4 Å². The molecule has 1 aromatic rings. The van der Waals surface area contributed by atoms with Crippen molar-refractivity contribution < 1.29 is 33.5 Å². The summed E-state index contributed by atoms with van der Waals surface area (Å²) in [6, 6.07) is 5.68. The molecule has 246 valence electrons. The van der Waals surface area contributed by atoms with Crippen molar-refractivity contribution in [3.8, 4) is 0 Å². The number of halogens is 1. The maximum atomic E-state index is 13.4. The Labute approximate surface area is 269 Å². The molecule has 0 fully saturated rings. The molecule has 2 atom stereocenters. The Hall–Kier alpha value is -3.28. The zero-order chi connectivity index (χ0) is 33.1. The van der Waals surface area contributed by atoms with E-state index in [0.29, 0.717) is 32.2 Å². The summed E-state index contributed by atoms with van der Waals surface area (Å²) in [6.45, 7) is 8.22. The van der Waals surface area contributed by atoms with Crippen LogP contribution in [-0.2, 0) is 41.7 Å². The van der Waals surface area contributed by atoms with Crippen LogP contribution in [0.2, 0.25) is 0 Å². The fourth-order valence-electron chi connectivity index (χ4n) is 4.39. The van der Waals surface area contributed by atoms with E-state index in [-0.39, 0.29) is 72.5 Å². The molecule has 4 amide bonds. The number of ether oxygens (including phenoxy) is 1. The number of esters is 1. The van der Waals surface area contributed by atoms with Gasteiger partial charge in [0, 0.05) is 38.3 Å². The topological polar surface area (TPSA) is 174 Å².